The zero-order chi connectivity index (χ0) is 22.4. The number of rotatable bonds is 8. The van der Waals surface area contributed by atoms with Crippen LogP contribution >= 0.6 is 23.2 Å². The molecule has 0 heterocycles. The molecule has 3 aromatic carbocycles. The molecule has 1 N–H and O–H groups in total. The Morgan fingerprint density at radius 1 is 0.968 bits per heavy atom. The van der Waals surface area contributed by atoms with E-state index < -0.39 is 28.3 Å². The first kappa shape index (κ1) is 23.2. The number of hydrogen-bond acceptors (Lipinski definition) is 3. The van der Waals surface area contributed by atoms with E-state index in [0.29, 0.717) is 21.2 Å². The van der Waals surface area contributed by atoms with Crippen LogP contribution < -0.4 is 5.32 Å². The van der Waals surface area contributed by atoms with Gasteiger partial charge in [0.1, 0.15) is 5.82 Å². The number of hydrogen-bond donors (Lipinski definition) is 1. The van der Waals surface area contributed by atoms with E-state index >= 15 is 0 Å². The number of nitrogens with one attached hydrogen (secondary N) is 1. The Morgan fingerprint density at radius 3 is 2.29 bits per heavy atom. The summed E-state index contributed by atoms with van der Waals surface area (Å²) in [5.41, 5.74) is 1.36. The van der Waals surface area contributed by atoms with Crippen molar-refractivity contribution in [2.24, 2.45) is 0 Å². The lowest BCUT2D eigenvalue weighted by Crippen LogP contribution is -2.40. The zero-order valence-corrected chi connectivity index (χ0v) is 18.6. The molecule has 0 atom stereocenters. The minimum Gasteiger partial charge on any atom is -0.351 e. The van der Waals surface area contributed by atoms with Crippen molar-refractivity contribution in [3.8, 4) is 0 Å². The molecule has 0 fully saturated rings. The fraction of sp³-hybridized carbons (Fsp3) is 0.136. The van der Waals surface area contributed by atoms with Crippen LogP contribution in [-0.2, 0) is 27.9 Å². The van der Waals surface area contributed by atoms with Crippen molar-refractivity contribution >= 4 is 39.1 Å². The molecular weight excluding hydrogens is 462 g/mol. The Kier molecular flexibility index (Phi) is 7.67. The summed E-state index contributed by atoms with van der Waals surface area (Å²) >= 11 is 12.0. The first-order valence-electron chi connectivity index (χ1n) is 9.26. The number of carbonyl (C=O) groups excluding carboxylic acids is 1. The third-order valence-electron chi connectivity index (χ3n) is 4.46. The van der Waals surface area contributed by atoms with Gasteiger partial charge in [0.05, 0.1) is 11.4 Å². The van der Waals surface area contributed by atoms with Crippen molar-refractivity contribution in [2.45, 2.75) is 18.0 Å². The van der Waals surface area contributed by atoms with Crippen molar-refractivity contribution in [3.05, 3.63) is 99.8 Å². The largest absolute Gasteiger partial charge is 0.351 e. The average Bonchev–Trinajstić information content (AvgIpc) is 2.74. The van der Waals surface area contributed by atoms with Gasteiger partial charge in [0.25, 0.3) is 0 Å². The quantitative estimate of drug-likeness (QED) is 0.510. The zero-order valence-electron chi connectivity index (χ0n) is 16.3. The van der Waals surface area contributed by atoms with E-state index in [2.05, 4.69) is 5.32 Å². The van der Waals surface area contributed by atoms with Gasteiger partial charge < -0.3 is 5.32 Å². The third-order valence-corrected chi connectivity index (χ3v) is 6.86. The second-order valence-corrected chi connectivity index (χ2v) is 9.51. The van der Waals surface area contributed by atoms with E-state index in [1.54, 1.807) is 42.5 Å². The topological polar surface area (TPSA) is 66.5 Å². The number of carbonyl (C=O) groups is 1. The molecule has 9 heteroatoms. The molecule has 0 aromatic heterocycles. The molecular formula is C22H19Cl2FN2O3S. The minimum absolute atomic E-state index is 0.0182. The smallest absolute Gasteiger partial charge is 0.243 e. The summed E-state index contributed by atoms with van der Waals surface area (Å²) in [6, 6.07) is 18.3. The first-order chi connectivity index (χ1) is 14.8. The number of halogens is 3. The highest BCUT2D eigenvalue weighted by molar-refractivity contribution is 7.89. The molecule has 31 heavy (non-hydrogen) atoms. The number of sulfonamides is 1. The molecule has 162 valence electrons. The molecule has 0 radical (unpaired) electrons. The van der Waals surface area contributed by atoms with Crippen LogP contribution in [0.3, 0.4) is 0 Å². The van der Waals surface area contributed by atoms with Crippen molar-refractivity contribution in [1.29, 1.82) is 0 Å². The molecule has 3 rings (SSSR count). The van der Waals surface area contributed by atoms with Crippen LogP contribution in [0.1, 0.15) is 11.1 Å². The van der Waals surface area contributed by atoms with Gasteiger partial charge >= 0.3 is 0 Å². The van der Waals surface area contributed by atoms with Crippen LogP contribution in [0, 0.1) is 5.82 Å². The lowest BCUT2D eigenvalue weighted by Gasteiger charge is -2.22. The molecule has 0 aliphatic rings. The maximum Gasteiger partial charge on any atom is 0.243 e. The molecule has 0 aliphatic carbocycles. The van der Waals surface area contributed by atoms with E-state index in [1.165, 1.54) is 12.1 Å². The summed E-state index contributed by atoms with van der Waals surface area (Å²) < 4.78 is 40.6. The van der Waals surface area contributed by atoms with Gasteiger partial charge in [-0.1, -0.05) is 59.6 Å². The van der Waals surface area contributed by atoms with Crippen LogP contribution in [0.25, 0.3) is 0 Å². The predicted molar refractivity (Wildman–Crippen MR) is 119 cm³/mol. The van der Waals surface area contributed by atoms with Gasteiger partial charge in [-0.25, -0.2) is 12.8 Å². The molecule has 3 aromatic rings. The Morgan fingerprint density at radius 2 is 1.65 bits per heavy atom. The maximum absolute atomic E-state index is 13.3. The molecule has 5 nitrogen and oxygen atoms in total. The number of benzene rings is 3. The summed E-state index contributed by atoms with van der Waals surface area (Å²) in [7, 11) is -4.05. The summed E-state index contributed by atoms with van der Waals surface area (Å²) in [4.78, 5) is 12.5. The van der Waals surface area contributed by atoms with E-state index in [1.807, 2.05) is 6.07 Å². The lowest BCUT2D eigenvalue weighted by molar-refractivity contribution is -0.121. The molecule has 0 spiro atoms. The third kappa shape index (κ3) is 6.27. The Hall–Kier alpha value is -2.45. The van der Waals surface area contributed by atoms with E-state index in [4.69, 9.17) is 23.2 Å². The molecule has 0 unspecified atom stereocenters. The van der Waals surface area contributed by atoms with Gasteiger partial charge in [-0.2, -0.15) is 4.31 Å². The van der Waals surface area contributed by atoms with Crippen LogP contribution in [-0.4, -0.2) is 25.2 Å². The molecule has 0 saturated heterocycles. The van der Waals surface area contributed by atoms with Crippen molar-refractivity contribution in [2.75, 3.05) is 6.54 Å². The van der Waals surface area contributed by atoms with E-state index in [-0.39, 0.29) is 18.0 Å². The summed E-state index contributed by atoms with van der Waals surface area (Å²) in [6.45, 7) is -0.319. The number of nitrogens with zero attached hydrogens (tertiary/aromatic N) is 1. The predicted octanol–water partition coefficient (Wildman–Crippen LogP) is 4.64. The van der Waals surface area contributed by atoms with E-state index in [0.717, 1.165) is 16.4 Å². The van der Waals surface area contributed by atoms with Gasteiger partial charge in [0.2, 0.25) is 15.9 Å². The minimum atomic E-state index is -4.05. The van der Waals surface area contributed by atoms with Gasteiger partial charge in [0, 0.05) is 23.1 Å². The maximum atomic E-state index is 13.3. The van der Waals surface area contributed by atoms with Crippen molar-refractivity contribution in [3.63, 3.8) is 0 Å². The van der Waals surface area contributed by atoms with Crippen LogP contribution in [0.15, 0.2) is 77.7 Å². The SMILES string of the molecule is O=C(CN(Cc1ccccc1)S(=O)(=O)c1ccc(F)cc1)NCc1ccc(Cl)cc1Cl. The van der Waals surface area contributed by atoms with E-state index in [9.17, 15) is 17.6 Å². The summed E-state index contributed by atoms with van der Waals surface area (Å²) in [5, 5.41) is 3.54. The Balaban J connectivity index is 1.79. The molecule has 0 bridgehead atoms. The van der Waals surface area contributed by atoms with Gasteiger partial charge in [-0.15, -0.1) is 0 Å². The normalized spacial score (nSPS) is 11.5. The Labute approximate surface area is 190 Å². The van der Waals surface area contributed by atoms with Crippen LogP contribution in [0.5, 0.6) is 0 Å². The van der Waals surface area contributed by atoms with Gasteiger partial charge in [-0.3, -0.25) is 4.79 Å². The molecule has 0 aliphatic heterocycles. The van der Waals surface area contributed by atoms with Crippen LogP contribution in [0.2, 0.25) is 10.0 Å². The highest BCUT2D eigenvalue weighted by Gasteiger charge is 2.27. The van der Waals surface area contributed by atoms with Gasteiger partial charge in [-0.05, 0) is 47.5 Å². The molecule has 1 amide bonds. The first-order valence-corrected chi connectivity index (χ1v) is 11.5. The number of amides is 1. The highest BCUT2D eigenvalue weighted by Crippen LogP contribution is 2.21. The Bertz CT molecular complexity index is 1160. The summed E-state index contributed by atoms with van der Waals surface area (Å²) in [5.74, 6) is -1.06. The molecule has 0 saturated carbocycles. The van der Waals surface area contributed by atoms with Crippen molar-refractivity contribution in [1.82, 2.24) is 9.62 Å². The second kappa shape index (κ2) is 10.2. The summed E-state index contributed by atoms with van der Waals surface area (Å²) in [6.07, 6.45) is 0. The second-order valence-electron chi connectivity index (χ2n) is 6.73. The lowest BCUT2D eigenvalue weighted by atomic mass is 10.2. The fourth-order valence-corrected chi connectivity index (χ4v) is 4.70. The monoisotopic (exact) mass is 480 g/mol. The highest BCUT2D eigenvalue weighted by atomic mass is 35.5. The standard InChI is InChI=1S/C22H19Cl2FN2O3S/c23-18-7-6-17(21(24)12-18)13-26-22(28)15-27(14-16-4-2-1-3-5-16)31(29,30)20-10-8-19(25)9-11-20/h1-12H,13-15H2,(H,26,28). The van der Waals surface area contributed by atoms with Gasteiger partial charge in [0.15, 0.2) is 0 Å². The fourth-order valence-electron chi connectivity index (χ4n) is 2.84. The van der Waals surface area contributed by atoms with Crippen LogP contribution in [0.4, 0.5) is 4.39 Å². The average molecular weight is 481 g/mol. The van der Waals surface area contributed by atoms with Crippen molar-refractivity contribution < 1.29 is 17.6 Å².